The van der Waals surface area contributed by atoms with Gasteiger partial charge in [-0.05, 0) is 49.1 Å². The molecule has 2 aromatic rings. The standard InChI is InChI=1S/C19H23NO4S/c1-4-24-19(21)17-7-5-6-8-18(17)20-25(22,23)16-11-9-15(10-12-16)13-14(2)3/h5-12,14,20H,4,13H2,1-3H3. The van der Waals surface area contributed by atoms with Crippen LogP contribution < -0.4 is 4.72 Å². The number of nitrogens with one attached hydrogen (secondary N) is 1. The molecule has 0 fully saturated rings. The van der Waals surface area contributed by atoms with Gasteiger partial charge in [-0.2, -0.15) is 0 Å². The zero-order valence-electron chi connectivity index (χ0n) is 14.7. The Morgan fingerprint density at radius 3 is 2.32 bits per heavy atom. The fourth-order valence-corrected chi connectivity index (χ4v) is 3.52. The van der Waals surface area contributed by atoms with Gasteiger partial charge in [0, 0.05) is 0 Å². The average Bonchev–Trinajstić information content (AvgIpc) is 2.55. The second kappa shape index (κ2) is 8.16. The fourth-order valence-electron chi connectivity index (χ4n) is 2.44. The molecule has 0 radical (unpaired) electrons. The minimum atomic E-state index is -3.79. The molecule has 0 atom stereocenters. The number of para-hydroxylation sites is 1. The molecule has 0 bridgehead atoms. The van der Waals surface area contributed by atoms with Crippen LogP contribution in [0.2, 0.25) is 0 Å². The van der Waals surface area contributed by atoms with Gasteiger partial charge >= 0.3 is 5.97 Å². The van der Waals surface area contributed by atoms with E-state index in [0.29, 0.717) is 5.92 Å². The van der Waals surface area contributed by atoms with Gasteiger partial charge < -0.3 is 4.74 Å². The number of hydrogen-bond acceptors (Lipinski definition) is 4. The predicted molar refractivity (Wildman–Crippen MR) is 98.2 cm³/mol. The van der Waals surface area contributed by atoms with Crippen LogP contribution in [0, 0.1) is 5.92 Å². The lowest BCUT2D eigenvalue weighted by atomic mass is 10.0. The summed E-state index contributed by atoms with van der Waals surface area (Å²) in [5.74, 6) is -0.0647. The summed E-state index contributed by atoms with van der Waals surface area (Å²) < 4.78 is 32.7. The van der Waals surface area contributed by atoms with Gasteiger partial charge in [0.1, 0.15) is 0 Å². The second-order valence-corrected chi connectivity index (χ2v) is 7.80. The lowest BCUT2D eigenvalue weighted by molar-refractivity contribution is 0.0527. The Hall–Kier alpha value is -2.34. The molecule has 0 aliphatic rings. The van der Waals surface area contributed by atoms with Crippen molar-refractivity contribution in [2.75, 3.05) is 11.3 Å². The van der Waals surface area contributed by atoms with E-state index in [4.69, 9.17) is 4.74 Å². The van der Waals surface area contributed by atoms with Crippen molar-refractivity contribution in [1.29, 1.82) is 0 Å². The monoisotopic (exact) mass is 361 g/mol. The topological polar surface area (TPSA) is 72.5 Å². The molecule has 0 aliphatic heterocycles. The van der Waals surface area contributed by atoms with E-state index in [-0.39, 0.29) is 22.8 Å². The van der Waals surface area contributed by atoms with Crippen molar-refractivity contribution >= 4 is 21.7 Å². The highest BCUT2D eigenvalue weighted by molar-refractivity contribution is 7.92. The summed E-state index contributed by atoms with van der Waals surface area (Å²) in [5, 5.41) is 0. The van der Waals surface area contributed by atoms with Gasteiger partial charge in [0.05, 0.1) is 22.8 Å². The number of anilines is 1. The van der Waals surface area contributed by atoms with Crippen molar-refractivity contribution in [3.63, 3.8) is 0 Å². The maximum atomic E-state index is 12.6. The van der Waals surface area contributed by atoms with Crippen LogP contribution in [0.4, 0.5) is 5.69 Å². The number of ether oxygens (including phenoxy) is 1. The Morgan fingerprint density at radius 1 is 1.08 bits per heavy atom. The number of hydrogen-bond donors (Lipinski definition) is 1. The summed E-state index contributed by atoms with van der Waals surface area (Å²) in [7, 11) is -3.79. The molecule has 0 saturated heterocycles. The number of carbonyl (C=O) groups excluding carboxylic acids is 1. The third-order valence-electron chi connectivity index (χ3n) is 3.54. The van der Waals surface area contributed by atoms with E-state index in [2.05, 4.69) is 18.6 Å². The first-order chi connectivity index (χ1) is 11.8. The van der Waals surface area contributed by atoms with Crippen molar-refractivity contribution < 1.29 is 17.9 Å². The second-order valence-electron chi connectivity index (χ2n) is 6.11. The zero-order chi connectivity index (χ0) is 18.4. The molecule has 0 unspecified atom stereocenters. The molecular formula is C19H23NO4S. The quantitative estimate of drug-likeness (QED) is 0.760. The van der Waals surface area contributed by atoms with E-state index < -0.39 is 16.0 Å². The van der Waals surface area contributed by atoms with Crippen LogP contribution in [-0.4, -0.2) is 21.0 Å². The number of carbonyl (C=O) groups is 1. The number of sulfonamides is 1. The molecule has 1 N–H and O–H groups in total. The summed E-state index contributed by atoms with van der Waals surface area (Å²) in [6.07, 6.45) is 0.888. The van der Waals surface area contributed by atoms with Crippen LogP contribution in [0.5, 0.6) is 0 Å². The molecule has 0 saturated carbocycles. The molecule has 0 spiro atoms. The van der Waals surface area contributed by atoms with Crippen molar-refractivity contribution in [2.45, 2.75) is 32.1 Å². The minimum Gasteiger partial charge on any atom is -0.462 e. The largest absolute Gasteiger partial charge is 0.462 e. The van der Waals surface area contributed by atoms with E-state index in [1.54, 1.807) is 31.2 Å². The molecular weight excluding hydrogens is 338 g/mol. The number of benzene rings is 2. The Labute approximate surface area is 149 Å². The summed E-state index contributed by atoms with van der Waals surface area (Å²) in [4.78, 5) is 12.1. The van der Waals surface area contributed by atoms with E-state index >= 15 is 0 Å². The highest BCUT2D eigenvalue weighted by Gasteiger charge is 2.19. The first-order valence-electron chi connectivity index (χ1n) is 8.21. The number of esters is 1. The lowest BCUT2D eigenvalue weighted by Gasteiger charge is -2.12. The summed E-state index contributed by atoms with van der Waals surface area (Å²) in [6, 6.07) is 13.2. The van der Waals surface area contributed by atoms with E-state index in [0.717, 1.165) is 12.0 Å². The molecule has 0 heterocycles. The third kappa shape index (κ3) is 5.06. The SMILES string of the molecule is CCOC(=O)c1ccccc1NS(=O)(=O)c1ccc(CC(C)C)cc1. The van der Waals surface area contributed by atoms with E-state index in [9.17, 15) is 13.2 Å². The molecule has 25 heavy (non-hydrogen) atoms. The van der Waals surface area contributed by atoms with Crippen LogP contribution in [0.25, 0.3) is 0 Å². The third-order valence-corrected chi connectivity index (χ3v) is 4.93. The van der Waals surface area contributed by atoms with Crippen molar-refractivity contribution in [3.05, 3.63) is 59.7 Å². The van der Waals surface area contributed by atoms with Gasteiger partial charge in [-0.3, -0.25) is 4.72 Å². The smallest absolute Gasteiger partial charge is 0.340 e. The van der Waals surface area contributed by atoms with Gasteiger partial charge in [0.2, 0.25) is 0 Å². The summed E-state index contributed by atoms with van der Waals surface area (Å²) >= 11 is 0. The van der Waals surface area contributed by atoms with Crippen LogP contribution in [0.3, 0.4) is 0 Å². The Bertz CT molecular complexity index is 827. The van der Waals surface area contributed by atoms with Gasteiger partial charge in [0.15, 0.2) is 0 Å². The van der Waals surface area contributed by atoms with Crippen LogP contribution in [0.15, 0.2) is 53.4 Å². The molecule has 134 valence electrons. The van der Waals surface area contributed by atoms with E-state index in [1.165, 1.54) is 12.1 Å². The minimum absolute atomic E-state index is 0.152. The van der Waals surface area contributed by atoms with E-state index in [1.807, 2.05) is 12.1 Å². The van der Waals surface area contributed by atoms with Gasteiger partial charge in [-0.25, -0.2) is 13.2 Å². The molecule has 5 nitrogen and oxygen atoms in total. The van der Waals surface area contributed by atoms with Gasteiger partial charge in [-0.15, -0.1) is 0 Å². The Morgan fingerprint density at radius 2 is 1.72 bits per heavy atom. The van der Waals surface area contributed by atoms with Crippen molar-refractivity contribution in [2.24, 2.45) is 5.92 Å². The van der Waals surface area contributed by atoms with Crippen molar-refractivity contribution in [3.8, 4) is 0 Å². The normalized spacial score (nSPS) is 11.4. The zero-order valence-corrected chi connectivity index (χ0v) is 15.5. The molecule has 2 aromatic carbocycles. The molecule has 0 aromatic heterocycles. The van der Waals surface area contributed by atoms with Crippen LogP contribution >= 0.6 is 0 Å². The maximum Gasteiger partial charge on any atom is 0.340 e. The highest BCUT2D eigenvalue weighted by Crippen LogP contribution is 2.21. The van der Waals surface area contributed by atoms with Crippen LogP contribution in [-0.2, 0) is 21.2 Å². The fraction of sp³-hybridized carbons (Fsp3) is 0.316. The first-order valence-corrected chi connectivity index (χ1v) is 9.69. The molecule has 6 heteroatoms. The molecule has 0 aliphatic carbocycles. The maximum absolute atomic E-state index is 12.6. The summed E-state index contributed by atoms with van der Waals surface area (Å²) in [5.41, 5.74) is 1.47. The summed E-state index contributed by atoms with van der Waals surface area (Å²) in [6.45, 7) is 6.14. The first kappa shape index (κ1) is 19.0. The Balaban J connectivity index is 2.26. The number of rotatable bonds is 7. The Kier molecular flexibility index (Phi) is 6.20. The van der Waals surface area contributed by atoms with Gasteiger partial charge in [0.25, 0.3) is 10.0 Å². The highest BCUT2D eigenvalue weighted by atomic mass is 32.2. The lowest BCUT2D eigenvalue weighted by Crippen LogP contribution is -2.16. The molecule has 2 rings (SSSR count). The average molecular weight is 361 g/mol. The predicted octanol–water partition coefficient (Wildman–Crippen LogP) is 3.86. The molecule has 0 amide bonds. The van der Waals surface area contributed by atoms with Crippen LogP contribution in [0.1, 0.15) is 36.7 Å². The van der Waals surface area contributed by atoms with Gasteiger partial charge in [-0.1, -0.05) is 38.1 Å². The van der Waals surface area contributed by atoms with Crippen molar-refractivity contribution in [1.82, 2.24) is 0 Å².